The fourth-order valence-corrected chi connectivity index (χ4v) is 1.89. The predicted octanol–water partition coefficient (Wildman–Crippen LogP) is 1.89. The van der Waals surface area contributed by atoms with Gasteiger partial charge in [-0.1, -0.05) is 0 Å². The average Bonchev–Trinajstić information content (AvgIpc) is 2.41. The number of amides is 1. The maximum Gasteiger partial charge on any atom is 0.257 e. The van der Waals surface area contributed by atoms with E-state index in [-0.39, 0.29) is 29.9 Å². The highest BCUT2D eigenvalue weighted by Gasteiger charge is 2.23. The lowest BCUT2D eigenvalue weighted by atomic mass is 10.1. The molecular formula is C14H22FN3O2. The molecule has 0 aliphatic rings. The smallest absolute Gasteiger partial charge is 0.257 e. The fraction of sp³-hybridized carbons (Fsp3) is 0.571. The highest BCUT2D eigenvalue weighted by atomic mass is 19.1. The number of carbonyl (C=O) groups is 1. The van der Waals surface area contributed by atoms with Gasteiger partial charge in [0.2, 0.25) is 0 Å². The molecule has 0 aromatic carbocycles. The highest BCUT2D eigenvalue weighted by molar-refractivity contribution is 5.95. The third-order valence-corrected chi connectivity index (χ3v) is 2.91. The Balaban J connectivity index is 3.02. The zero-order valence-electron chi connectivity index (χ0n) is 12.2. The van der Waals surface area contributed by atoms with Crippen LogP contribution in [0.1, 0.15) is 37.6 Å². The average molecular weight is 283 g/mol. The summed E-state index contributed by atoms with van der Waals surface area (Å²) in [5.41, 5.74) is 0.00240. The molecule has 1 aromatic heterocycles. The number of aromatic nitrogens is 1. The van der Waals surface area contributed by atoms with Gasteiger partial charge < -0.3 is 15.3 Å². The lowest BCUT2D eigenvalue weighted by Crippen LogP contribution is -2.38. The van der Waals surface area contributed by atoms with Gasteiger partial charge >= 0.3 is 0 Å². The minimum atomic E-state index is -0.631. The van der Waals surface area contributed by atoms with Crippen LogP contribution in [0.2, 0.25) is 0 Å². The first-order chi connectivity index (χ1) is 9.52. The Morgan fingerprint density at radius 2 is 2.25 bits per heavy atom. The number of hydrogen-bond donors (Lipinski definition) is 2. The van der Waals surface area contributed by atoms with Gasteiger partial charge in [0.15, 0.2) is 11.6 Å². The van der Waals surface area contributed by atoms with Crippen molar-refractivity contribution in [2.45, 2.75) is 33.2 Å². The van der Waals surface area contributed by atoms with Gasteiger partial charge in [0.1, 0.15) is 0 Å². The van der Waals surface area contributed by atoms with Crippen LogP contribution >= 0.6 is 0 Å². The molecule has 5 nitrogen and oxygen atoms in total. The Morgan fingerprint density at radius 3 is 2.80 bits per heavy atom. The van der Waals surface area contributed by atoms with Gasteiger partial charge in [-0.05, 0) is 33.3 Å². The summed E-state index contributed by atoms with van der Waals surface area (Å²) in [6.07, 6.45) is 1.88. The Bertz CT molecular complexity index is 452. The third kappa shape index (κ3) is 3.90. The van der Waals surface area contributed by atoms with Crippen LogP contribution in [0.4, 0.5) is 10.2 Å². The van der Waals surface area contributed by atoms with Crippen LogP contribution in [0.5, 0.6) is 0 Å². The van der Waals surface area contributed by atoms with Crippen LogP contribution in [-0.4, -0.2) is 46.6 Å². The number of halogens is 1. The summed E-state index contributed by atoms with van der Waals surface area (Å²) in [7, 11) is 0. The minimum absolute atomic E-state index is 0.00202. The topological polar surface area (TPSA) is 65.5 Å². The molecule has 0 bridgehead atoms. The first-order valence-electron chi connectivity index (χ1n) is 6.83. The number of nitrogens with one attached hydrogen (secondary N) is 1. The molecule has 2 N–H and O–H groups in total. The van der Waals surface area contributed by atoms with Crippen LogP contribution in [0, 0.1) is 5.82 Å². The van der Waals surface area contributed by atoms with Crippen molar-refractivity contribution < 1.29 is 14.3 Å². The zero-order chi connectivity index (χ0) is 15.1. The van der Waals surface area contributed by atoms with E-state index in [1.807, 2.05) is 20.8 Å². The second-order valence-corrected chi connectivity index (χ2v) is 4.72. The predicted molar refractivity (Wildman–Crippen MR) is 76.2 cm³/mol. The van der Waals surface area contributed by atoms with Crippen molar-refractivity contribution in [3.63, 3.8) is 0 Å². The van der Waals surface area contributed by atoms with Crippen LogP contribution in [-0.2, 0) is 0 Å². The van der Waals surface area contributed by atoms with Crippen molar-refractivity contribution in [2.24, 2.45) is 0 Å². The molecule has 1 amide bonds. The van der Waals surface area contributed by atoms with Gasteiger partial charge in [-0.25, -0.2) is 9.37 Å². The summed E-state index contributed by atoms with van der Waals surface area (Å²) >= 11 is 0. The van der Waals surface area contributed by atoms with Crippen molar-refractivity contribution >= 4 is 11.7 Å². The molecule has 6 heteroatoms. The molecule has 0 atom stereocenters. The SMILES string of the molecule is CCNc1nccc(C(=O)N(CCCO)C(C)C)c1F. The van der Waals surface area contributed by atoms with Crippen LogP contribution in [0.15, 0.2) is 12.3 Å². The maximum atomic E-state index is 14.2. The Labute approximate surface area is 118 Å². The minimum Gasteiger partial charge on any atom is -0.396 e. The van der Waals surface area contributed by atoms with Gasteiger partial charge in [-0.3, -0.25) is 4.79 Å². The number of rotatable bonds is 7. The number of anilines is 1. The lowest BCUT2D eigenvalue weighted by Gasteiger charge is -2.27. The van der Waals surface area contributed by atoms with E-state index in [0.29, 0.717) is 19.5 Å². The van der Waals surface area contributed by atoms with E-state index in [1.54, 1.807) is 4.90 Å². The molecule has 0 saturated carbocycles. The van der Waals surface area contributed by atoms with Gasteiger partial charge in [0.05, 0.1) is 5.56 Å². The molecule has 0 fully saturated rings. The van der Waals surface area contributed by atoms with E-state index >= 15 is 0 Å². The largest absolute Gasteiger partial charge is 0.396 e. The third-order valence-electron chi connectivity index (χ3n) is 2.91. The summed E-state index contributed by atoms with van der Waals surface area (Å²) in [6, 6.07) is 1.32. The van der Waals surface area contributed by atoms with Gasteiger partial charge in [-0.2, -0.15) is 0 Å². The lowest BCUT2D eigenvalue weighted by molar-refractivity contribution is 0.0688. The molecule has 0 saturated heterocycles. The van der Waals surface area contributed by atoms with Gasteiger partial charge in [0, 0.05) is 31.9 Å². The van der Waals surface area contributed by atoms with Crippen molar-refractivity contribution in [2.75, 3.05) is 25.0 Å². The number of nitrogens with zero attached hydrogens (tertiary/aromatic N) is 2. The number of aliphatic hydroxyl groups is 1. The summed E-state index contributed by atoms with van der Waals surface area (Å²) in [6.45, 7) is 6.47. The van der Waals surface area contributed by atoms with Crippen LogP contribution < -0.4 is 5.32 Å². The normalized spacial score (nSPS) is 10.7. The maximum absolute atomic E-state index is 14.2. The monoisotopic (exact) mass is 283 g/mol. The van der Waals surface area contributed by atoms with Crippen molar-refractivity contribution in [1.29, 1.82) is 0 Å². The van der Waals surface area contributed by atoms with E-state index in [4.69, 9.17) is 5.11 Å². The van der Waals surface area contributed by atoms with Crippen molar-refractivity contribution in [3.8, 4) is 0 Å². The number of aliphatic hydroxyl groups excluding tert-OH is 1. The molecule has 0 aliphatic heterocycles. The summed E-state index contributed by atoms with van der Waals surface area (Å²) in [4.78, 5) is 17.8. The summed E-state index contributed by atoms with van der Waals surface area (Å²) in [5, 5.41) is 11.7. The summed E-state index contributed by atoms with van der Waals surface area (Å²) in [5.74, 6) is -0.925. The first-order valence-corrected chi connectivity index (χ1v) is 6.83. The Morgan fingerprint density at radius 1 is 1.55 bits per heavy atom. The molecule has 112 valence electrons. The zero-order valence-corrected chi connectivity index (χ0v) is 12.2. The Hall–Kier alpha value is -1.69. The van der Waals surface area contributed by atoms with E-state index in [0.717, 1.165) is 0 Å². The molecular weight excluding hydrogens is 261 g/mol. The summed E-state index contributed by atoms with van der Waals surface area (Å²) < 4.78 is 14.2. The van der Waals surface area contributed by atoms with E-state index in [1.165, 1.54) is 12.3 Å². The van der Waals surface area contributed by atoms with E-state index < -0.39 is 5.82 Å². The molecule has 0 spiro atoms. The first kappa shape index (κ1) is 16.4. The standard InChI is InChI=1S/C14H22FN3O2/c1-4-16-13-12(15)11(6-7-17-13)14(20)18(10(2)3)8-5-9-19/h6-7,10,19H,4-5,8-9H2,1-3H3,(H,16,17). The highest BCUT2D eigenvalue weighted by Crippen LogP contribution is 2.18. The quantitative estimate of drug-likeness (QED) is 0.802. The number of hydrogen-bond acceptors (Lipinski definition) is 4. The van der Waals surface area contributed by atoms with Crippen LogP contribution in [0.3, 0.4) is 0 Å². The van der Waals surface area contributed by atoms with Crippen LogP contribution in [0.25, 0.3) is 0 Å². The Kier molecular flexibility index (Phi) is 6.38. The van der Waals surface area contributed by atoms with E-state index in [2.05, 4.69) is 10.3 Å². The molecule has 20 heavy (non-hydrogen) atoms. The molecule has 0 radical (unpaired) electrons. The number of carbonyl (C=O) groups excluding carboxylic acids is 1. The second-order valence-electron chi connectivity index (χ2n) is 4.72. The second kappa shape index (κ2) is 7.79. The molecule has 0 aliphatic carbocycles. The molecule has 1 heterocycles. The van der Waals surface area contributed by atoms with E-state index in [9.17, 15) is 9.18 Å². The van der Waals surface area contributed by atoms with Crippen molar-refractivity contribution in [3.05, 3.63) is 23.6 Å². The molecule has 1 rings (SSSR count). The molecule has 1 aromatic rings. The number of pyridine rings is 1. The van der Waals surface area contributed by atoms with Gasteiger partial charge in [0.25, 0.3) is 5.91 Å². The fourth-order valence-electron chi connectivity index (χ4n) is 1.89. The van der Waals surface area contributed by atoms with Crippen molar-refractivity contribution in [1.82, 2.24) is 9.88 Å². The van der Waals surface area contributed by atoms with Gasteiger partial charge in [-0.15, -0.1) is 0 Å². The molecule has 0 unspecified atom stereocenters.